The number of nitrogens with one attached hydrogen (secondary N) is 1. The van der Waals surface area contributed by atoms with E-state index < -0.39 is 11.5 Å². The van der Waals surface area contributed by atoms with Gasteiger partial charge in [0.05, 0.1) is 7.11 Å². The third-order valence-corrected chi connectivity index (χ3v) is 2.47. The minimum atomic E-state index is -0.659. The van der Waals surface area contributed by atoms with Crippen molar-refractivity contribution in [3.63, 3.8) is 0 Å². The summed E-state index contributed by atoms with van der Waals surface area (Å²) in [5.41, 5.74) is -0.454. The Kier molecular flexibility index (Phi) is 2.65. The zero-order valence-corrected chi connectivity index (χ0v) is 9.37. The van der Waals surface area contributed by atoms with Crippen LogP contribution in [0.1, 0.15) is 10.5 Å². The number of carbonyl (C=O) groups is 1. The molecule has 0 atom stereocenters. The van der Waals surface area contributed by atoms with Crippen molar-refractivity contribution >= 4 is 23.5 Å². The van der Waals surface area contributed by atoms with Gasteiger partial charge in [-0.05, 0) is 6.26 Å². The third-order valence-electron chi connectivity index (χ3n) is 1.90. The number of esters is 1. The maximum absolute atomic E-state index is 11.6. The SMILES string of the molecule is COC(=O)c1cc(=O)n2[nH]c(SC)nc2n1. The first kappa shape index (κ1) is 10.7. The van der Waals surface area contributed by atoms with Crippen LogP contribution in [0.15, 0.2) is 16.0 Å². The first-order valence-corrected chi connectivity index (χ1v) is 5.50. The highest BCUT2D eigenvalue weighted by Gasteiger charge is 2.12. The van der Waals surface area contributed by atoms with Crippen molar-refractivity contribution in [2.75, 3.05) is 13.4 Å². The second-order valence-electron chi connectivity index (χ2n) is 2.84. The number of ether oxygens (including phenoxy) is 1. The average molecular weight is 240 g/mol. The molecule has 0 spiro atoms. The third kappa shape index (κ3) is 1.67. The molecule has 0 fully saturated rings. The summed E-state index contributed by atoms with van der Waals surface area (Å²) >= 11 is 1.34. The van der Waals surface area contributed by atoms with Crippen LogP contribution in [0.3, 0.4) is 0 Å². The van der Waals surface area contributed by atoms with Gasteiger partial charge in [-0.1, -0.05) is 11.8 Å². The number of hydrogen-bond acceptors (Lipinski definition) is 6. The fourth-order valence-electron chi connectivity index (χ4n) is 1.16. The van der Waals surface area contributed by atoms with E-state index in [0.717, 1.165) is 10.6 Å². The predicted octanol–water partition coefficient (Wildman–Crippen LogP) is -0.0739. The van der Waals surface area contributed by atoms with Gasteiger partial charge >= 0.3 is 5.97 Å². The molecule has 0 aliphatic rings. The van der Waals surface area contributed by atoms with Gasteiger partial charge < -0.3 is 4.74 Å². The molecule has 2 aromatic rings. The fraction of sp³-hybridized carbons (Fsp3) is 0.250. The number of nitrogens with zero attached hydrogens (tertiary/aromatic N) is 3. The lowest BCUT2D eigenvalue weighted by Gasteiger charge is -1.96. The average Bonchev–Trinajstić information content (AvgIpc) is 2.71. The number of aromatic amines is 1. The summed E-state index contributed by atoms with van der Waals surface area (Å²) < 4.78 is 5.65. The molecule has 0 bridgehead atoms. The van der Waals surface area contributed by atoms with Crippen LogP contribution in [-0.2, 0) is 4.74 Å². The molecule has 1 N–H and O–H groups in total. The van der Waals surface area contributed by atoms with Crippen molar-refractivity contribution < 1.29 is 9.53 Å². The Morgan fingerprint density at radius 3 is 2.94 bits per heavy atom. The van der Waals surface area contributed by atoms with Gasteiger partial charge in [-0.15, -0.1) is 0 Å². The van der Waals surface area contributed by atoms with Crippen LogP contribution in [0.2, 0.25) is 0 Å². The van der Waals surface area contributed by atoms with Gasteiger partial charge in [0.15, 0.2) is 10.9 Å². The molecular formula is C8H8N4O3S. The molecule has 2 heterocycles. The summed E-state index contributed by atoms with van der Waals surface area (Å²) in [6, 6.07) is 1.10. The molecule has 16 heavy (non-hydrogen) atoms. The van der Waals surface area contributed by atoms with Gasteiger partial charge in [0.2, 0.25) is 0 Å². The van der Waals surface area contributed by atoms with Crippen LogP contribution in [0.25, 0.3) is 5.78 Å². The van der Waals surface area contributed by atoms with E-state index in [-0.39, 0.29) is 11.5 Å². The maximum atomic E-state index is 11.6. The first-order chi connectivity index (χ1) is 7.65. The van der Waals surface area contributed by atoms with Crippen molar-refractivity contribution in [3.8, 4) is 0 Å². The van der Waals surface area contributed by atoms with E-state index in [4.69, 9.17) is 0 Å². The highest BCUT2D eigenvalue weighted by Crippen LogP contribution is 2.08. The number of aromatic nitrogens is 4. The maximum Gasteiger partial charge on any atom is 0.357 e. The molecule has 0 amide bonds. The number of methoxy groups -OCH3 is 1. The molecule has 7 nitrogen and oxygen atoms in total. The zero-order chi connectivity index (χ0) is 11.7. The number of fused-ring (bicyclic) bond motifs is 1. The number of thioether (sulfide) groups is 1. The van der Waals surface area contributed by atoms with Crippen molar-refractivity contribution in [1.82, 2.24) is 19.6 Å². The lowest BCUT2D eigenvalue weighted by molar-refractivity contribution is 0.0594. The van der Waals surface area contributed by atoms with Gasteiger partial charge in [-0.25, -0.2) is 9.78 Å². The highest BCUT2D eigenvalue weighted by molar-refractivity contribution is 7.98. The molecule has 8 heteroatoms. The van der Waals surface area contributed by atoms with E-state index >= 15 is 0 Å². The number of H-pyrrole nitrogens is 1. The monoisotopic (exact) mass is 240 g/mol. The molecule has 0 saturated carbocycles. The van der Waals surface area contributed by atoms with Crippen LogP contribution in [0.4, 0.5) is 0 Å². The minimum absolute atomic E-state index is 0.0494. The van der Waals surface area contributed by atoms with Gasteiger partial charge in [-0.2, -0.15) is 9.50 Å². The van der Waals surface area contributed by atoms with Gasteiger partial charge in [0, 0.05) is 6.07 Å². The molecule has 0 radical (unpaired) electrons. The number of carbonyl (C=O) groups excluding carboxylic acids is 1. The zero-order valence-electron chi connectivity index (χ0n) is 8.55. The van der Waals surface area contributed by atoms with Crippen LogP contribution < -0.4 is 5.56 Å². The normalized spacial score (nSPS) is 10.6. The van der Waals surface area contributed by atoms with Crippen LogP contribution >= 0.6 is 11.8 Å². The molecule has 0 aliphatic heterocycles. The van der Waals surface area contributed by atoms with E-state index in [1.165, 1.54) is 18.9 Å². The van der Waals surface area contributed by atoms with Gasteiger partial charge in [-0.3, -0.25) is 9.89 Å². The van der Waals surface area contributed by atoms with Crippen LogP contribution in [-0.4, -0.2) is 38.9 Å². The molecular weight excluding hydrogens is 232 g/mol. The van der Waals surface area contributed by atoms with Crippen LogP contribution in [0.5, 0.6) is 0 Å². The molecule has 2 rings (SSSR count). The lowest BCUT2D eigenvalue weighted by atomic mass is 10.4. The van der Waals surface area contributed by atoms with E-state index in [1.54, 1.807) is 0 Å². The van der Waals surface area contributed by atoms with E-state index in [0.29, 0.717) is 5.16 Å². The summed E-state index contributed by atoms with van der Waals surface area (Å²) in [7, 11) is 1.23. The van der Waals surface area contributed by atoms with Crippen molar-refractivity contribution in [2.45, 2.75) is 5.16 Å². The summed E-state index contributed by atoms with van der Waals surface area (Å²) in [4.78, 5) is 30.7. The molecule has 0 saturated heterocycles. The molecule has 0 aliphatic carbocycles. The largest absolute Gasteiger partial charge is 0.464 e. The Morgan fingerprint density at radius 1 is 1.56 bits per heavy atom. The van der Waals surface area contributed by atoms with Crippen molar-refractivity contribution in [1.29, 1.82) is 0 Å². The Morgan fingerprint density at radius 2 is 2.31 bits per heavy atom. The summed E-state index contributed by atoms with van der Waals surface area (Å²) in [5.74, 6) is -0.509. The second-order valence-corrected chi connectivity index (χ2v) is 3.63. The second kappa shape index (κ2) is 3.97. The quantitative estimate of drug-likeness (QED) is 0.583. The van der Waals surface area contributed by atoms with E-state index in [2.05, 4.69) is 19.8 Å². The van der Waals surface area contributed by atoms with Crippen molar-refractivity contribution in [3.05, 3.63) is 22.1 Å². The summed E-state index contributed by atoms with van der Waals surface area (Å²) in [6.45, 7) is 0. The fourth-order valence-corrected chi connectivity index (χ4v) is 1.52. The van der Waals surface area contributed by atoms with E-state index in [1.807, 2.05) is 6.26 Å². The number of rotatable bonds is 2. The Labute approximate surface area is 93.8 Å². The standard InChI is InChI=1S/C8H8N4O3S/c1-15-6(14)4-3-5(13)12-7(9-4)10-8(11-12)16-2/h3H,1-2H3,(H,9,10,11). The lowest BCUT2D eigenvalue weighted by Crippen LogP contribution is -2.18. The molecule has 0 aromatic carbocycles. The van der Waals surface area contributed by atoms with Crippen molar-refractivity contribution in [2.24, 2.45) is 0 Å². The summed E-state index contributed by atoms with van der Waals surface area (Å²) in [5, 5.41) is 3.29. The highest BCUT2D eigenvalue weighted by atomic mass is 32.2. The van der Waals surface area contributed by atoms with Gasteiger partial charge in [0.25, 0.3) is 11.3 Å². The van der Waals surface area contributed by atoms with Gasteiger partial charge in [0.1, 0.15) is 0 Å². The first-order valence-electron chi connectivity index (χ1n) is 4.28. The minimum Gasteiger partial charge on any atom is -0.464 e. The van der Waals surface area contributed by atoms with Crippen LogP contribution in [0, 0.1) is 0 Å². The summed E-state index contributed by atoms with van der Waals surface area (Å²) in [6.07, 6.45) is 1.81. The Balaban J connectivity index is 2.66. The molecule has 84 valence electrons. The Bertz CT molecular complexity index is 603. The van der Waals surface area contributed by atoms with E-state index in [9.17, 15) is 9.59 Å². The molecule has 0 unspecified atom stereocenters. The smallest absolute Gasteiger partial charge is 0.357 e. The molecule has 2 aromatic heterocycles. The topological polar surface area (TPSA) is 89.4 Å². The predicted molar refractivity (Wildman–Crippen MR) is 56.7 cm³/mol. The number of hydrogen-bond donors (Lipinski definition) is 1. The Hall–Kier alpha value is -1.83.